The minimum atomic E-state index is -4.72. The second-order valence-corrected chi connectivity index (χ2v) is 11.3. The van der Waals surface area contributed by atoms with Crippen molar-refractivity contribution in [3.63, 3.8) is 0 Å². The molecular weight excluding hydrogens is 511 g/mol. The largest absolute Gasteiger partial charge is 0.404 e. The molecule has 0 bridgehead atoms. The van der Waals surface area contributed by atoms with Crippen LogP contribution in [0.5, 0.6) is 0 Å². The van der Waals surface area contributed by atoms with Gasteiger partial charge in [0.1, 0.15) is 22.7 Å². The van der Waals surface area contributed by atoms with Crippen LogP contribution in [0.1, 0.15) is 37.8 Å². The second-order valence-electron chi connectivity index (χ2n) is 8.63. The smallest absolute Gasteiger partial charge is 0.320 e. The highest BCUT2D eigenvalue weighted by atomic mass is 32.2. The van der Waals surface area contributed by atoms with Gasteiger partial charge in [0.15, 0.2) is 0 Å². The number of pyridine rings is 2. The van der Waals surface area contributed by atoms with Gasteiger partial charge in [-0.05, 0) is 55.8 Å². The number of fused-ring (bicyclic) bond motifs is 1. The topological polar surface area (TPSA) is 101 Å². The summed E-state index contributed by atoms with van der Waals surface area (Å²) in [6, 6.07) is 8.57. The van der Waals surface area contributed by atoms with Gasteiger partial charge in [0, 0.05) is 34.3 Å². The first-order chi connectivity index (χ1) is 17.1. The van der Waals surface area contributed by atoms with Crippen molar-refractivity contribution in [1.82, 2.24) is 19.3 Å². The molecule has 0 unspecified atom stereocenters. The Bertz CT molecular complexity index is 1570. The summed E-state index contributed by atoms with van der Waals surface area (Å²) in [7, 11) is -4.45. The molecule has 12 heteroatoms. The van der Waals surface area contributed by atoms with E-state index in [-0.39, 0.29) is 6.04 Å². The number of alkyl halides is 3. The van der Waals surface area contributed by atoms with E-state index in [4.69, 9.17) is 0 Å². The molecule has 1 N–H and O–H groups in total. The fourth-order valence-corrected chi connectivity index (χ4v) is 6.06. The average Bonchev–Trinajstić information content (AvgIpc) is 3.44. The summed E-state index contributed by atoms with van der Waals surface area (Å²) in [6.07, 6.45) is 0.900. The Hall–Kier alpha value is -3.27. The summed E-state index contributed by atoms with van der Waals surface area (Å²) in [5.74, 6) is 0. The van der Waals surface area contributed by atoms with Gasteiger partial charge in [0.2, 0.25) is 10.0 Å². The van der Waals surface area contributed by atoms with E-state index in [1.807, 2.05) is 28.1 Å². The zero-order valence-corrected chi connectivity index (χ0v) is 20.6. The molecule has 0 aromatic carbocycles. The first-order valence-electron chi connectivity index (χ1n) is 11.1. The number of rotatable bonds is 6. The van der Waals surface area contributed by atoms with Crippen molar-refractivity contribution in [3.05, 3.63) is 53.7 Å². The van der Waals surface area contributed by atoms with Crippen LogP contribution in [-0.4, -0.2) is 35.2 Å². The Morgan fingerprint density at radius 1 is 1.22 bits per heavy atom. The molecule has 0 saturated heterocycles. The van der Waals surface area contributed by atoms with Crippen molar-refractivity contribution < 1.29 is 21.6 Å². The van der Waals surface area contributed by atoms with Crippen LogP contribution in [0.15, 0.2) is 53.0 Å². The van der Waals surface area contributed by atoms with E-state index in [2.05, 4.69) is 16.0 Å². The molecule has 0 amide bonds. The lowest BCUT2D eigenvalue weighted by Gasteiger charge is -2.29. The maximum atomic E-state index is 12.9. The molecule has 1 fully saturated rings. The van der Waals surface area contributed by atoms with Gasteiger partial charge in [-0.3, -0.25) is 4.98 Å². The summed E-state index contributed by atoms with van der Waals surface area (Å²) in [5.41, 5.74) is 2.76. The maximum Gasteiger partial charge on any atom is 0.404 e. The Labute approximate surface area is 209 Å². The number of hydrogen-bond donors (Lipinski definition) is 1. The molecule has 0 spiro atoms. The number of nitrogens with one attached hydrogen (secondary N) is 1. The van der Waals surface area contributed by atoms with Crippen LogP contribution in [0.4, 0.5) is 13.2 Å². The average molecular weight is 532 g/mol. The Morgan fingerprint density at radius 3 is 2.56 bits per heavy atom. The van der Waals surface area contributed by atoms with Crippen molar-refractivity contribution >= 4 is 32.4 Å². The van der Waals surface area contributed by atoms with Gasteiger partial charge < -0.3 is 4.57 Å². The standard InChI is InChI=1S/C24H20F3N5O2S2/c1-14(24(25,26)27)31-36(33,34)17-7-8-20(29-13-17)22-19(11-28)18-10-15(21-6-3-9-35-21)12-30-23(18)32(22)16-4-2-5-16/h3,6-10,12-14,16,31H,2,4-5H2,1H3/t14-/m1/s1. The highest BCUT2D eigenvalue weighted by molar-refractivity contribution is 7.89. The van der Waals surface area contributed by atoms with Crippen molar-refractivity contribution in [2.75, 3.05) is 0 Å². The Morgan fingerprint density at radius 2 is 2.00 bits per heavy atom. The Balaban J connectivity index is 1.61. The van der Waals surface area contributed by atoms with Crippen LogP contribution >= 0.6 is 11.3 Å². The van der Waals surface area contributed by atoms with Gasteiger partial charge in [-0.15, -0.1) is 11.3 Å². The van der Waals surface area contributed by atoms with Crippen molar-refractivity contribution in [2.24, 2.45) is 0 Å². The Kier molecular flexibility index (Phi) is 6.10. The minimum Gasteiger partial charge on any atom is -0.320 e. The predicted octanol–water partition coefficient (Wildman–Crippen LogP) is 5.65. The monoisotopic (exact) mass is 531 g/mol. The number of aromatic nitrogens is 3. The third-order valence-electron chi connectivity index (χ3n) is 6.31. The van der Waals surface area contributed by atoms with E-state index in [1.165, 1.54) is 12.1 Å². The number of nitrogens with zero attached hydrogens (tertiary/aromatic N) is 4. The minimum absolute atomic E-state index is 0.115. The van der Waals surface area contributed by atoms with Crippen LogP contribution in [0.3, 0.4) is 0 Å². The van der Waals surface area contributed by atoms with E-state index < -0.39 is 27.1 Å². The summed E-state index contributed by atoms with van der Waals surface area (Å²) in [5, 5.41) is 12.7. The number of sulfonamides is 1. The van der Waals surface area contributed by atoms with Crippen molar-refractivity contribution in [3.8, 4) is 27.9 Å². The first kappa shape index (κ1) is 24.4. The number of hydrogen-bond acceptors (Lipinski definition) is 6. The van der Waals surface area contributed by atoms with Crippen LogP contribution in [0, 0.1) is 11.3 Å². The van der Waals surface area contributed by atoms with Gasteiger partial charge >= 0.3 is 6.18 Å². The van der Waals surface area contributed by atoms with E-state index in [0.29, 0.717) is 28.0 Å². The maximum absolute atomic E-state index is 12.9. The van der Waals surface area contributed by atoms with E-state index in [0.717, 1.165) is 42.8 Å². The third kappa shape index (κ3) is 4.27. The molecule has 4 aromatic heterocycles. The number of nitriles is 1. The SMILES string of the molecule is C[C@@H](NS(=O)(=O)c1ccc(-c2c(C#N)c3cc(-c4cccs4)cnc3n2C2CCC2)nc1)C(F)(F)F. The zero-order chi connectivity index (χ0) is 25.7. The normalized spacial score (nSPS) is 15.5. The fourth-order valence-electron chi connectivity index (χ4n) is 4.18. The molecule has 4 aromatic rings. The summed E-state index contributed by atoms with van der Waals surface area (Å²) in [6.45, 7) is 0.729. The molecular formula is C24H20F3N5O2S2. The quantitative estimate of drug-likeness (QED) is 0.346. The van der Waals surface area contributed by atoms with E-state index in [1.54, 1.807) is 22.3 Å². The van der Waals surface area contributed by atoms with Crippen LogP contribution in [0.25, 0.3) is 32.9 Å². The molecule has 186 valence electrons. The van der Waals surface area contributed by atoms with Crippen molar-refractivity contribution in [1.29, 1.82) is 5.26 Å². The molecule has 1 atom stereocenters. The van der Waals surface area contributed by atoms with Crippen molar-refractivity contribution in [2.45, 2.75) is 49.3 Å². The molecule has 36 heavy (non-hydrogen) atoms. The van der Waals surface area contributed by atoms with Gasteiger partial charge in [0.05, 0.1) is 17.0 Å². The number of thiophene rings is 1. The summed E-state index contributed by atoms with van der Waals surface area (Å²) >= 11 is 1.56. The van der Waals surface area contributed by atoms with Gasteiger partial charge in [-0.25, -0.2) is 13.4 Å². The molecule has 0 radical (unpaired) electrons. The molecule has 1 aliphatic rings. The fraction of sp³-hybridized carbons (Fsp3) is 0.292. The predicted molar refractivity (Wildman–Crippen MR) is 130 cm³/mol. The number of halogens is 3. The lowest BCUT2D eigenvalue weighted by Crippen LogP contribution is -2.42. The highest BCUT2D eigenvalue weighted by Crippen LogP contribution is 2.42. The lowest BCUT2D eigenvalue weighted by atomic mass is 9.92. The molecule has 7 nitrogen and oxygen atoms in total. The molecule has 4 heterocycles. The second kappa shape index (κ2) is 8.99. The van der Waals surface area contributed by atoms with Gasteiger partial charge in [-0.2, -0.15) is 23.2 Å². The highest BCUT2D eigenvalue weighted by Gasteiger charge is 2.39. The lowest BCUT2D eigenvalue weighted by molar-refractivity contribution is -0.147. The molecule has 1 aliphatic carbocycles. The van der Waals surface area contributed by atoms with E-state index >= 15 is 0 Å². The van der Waals surface area contributed by atoms with Gasteiger partial charge in [0.25, 0.3) is 0 Å². The third-order valence-corrected chi connectivity index (χ3v) is 8.76. The van der Waals surface area contributed by atoms with Gasteiger partial charge in [-0.1, -0.05) is 6.07 Å². The zero-order valence-electron chi connectivity index (χ0n) is 19.0. The first-order valence-corrected chi connectivity index (χ1v) is 13.5. The molecule has 1 saturated carbocycles. The molecule has 0 aliphatic heterocycles. The summed E-state index contributed by atoms with van der Waals surface area (Å²) < 4.78 is 67.1. The van der Waals surface area contributed by atoms with Crippen LogP contribution in [0.2, 0.25) is 0 Å². The molecule has 5 rings (SSSR count). The van der Waals surface area contributed by atoms with E-state index in [9.17, 15) is 26.9 Å². The van der Waals surface area contributed by atoms with Crippen LogP contribution < -0.4 is 4.72 Å². The summed E-state index contributed by atoms with van der Waals surface area (Å²) in [4.78, 5) is 9.57. The van der Waals surface area contributed by atoms with Crippen LogP contribution in [-0.2, 0) is 10.0 Å².